The van der Waals surface area contributed by atoms with E-state index in [1.807, 2.05) is 11.6 Å². The van der Waals surface area contributed by atoms with Crippen LogP contribution in [0.25, 0.3) is 0 Å². The van der Waals surface area contributed by atoms with Crippen molar-refractivity contribution in [3.63, 3.8) is 0 Å². The maximum absolute atomic E-state index is 13.5. The fourth-order valence-electron chi connectivity index (χ4n) is 5.22. The standard InChI is InChI=1S/C31H53N11O11S2/c1-54-11-7-18(41-29(51)21-6-4-10-42(21)24(45)14-32)27(49)37-15-22(43)38-19(8-12-55-2)28(50)40-17(5-3-9-35-31(33)34)26(48)36-16-23(44)39-20(30(52)53)13-25(46)47/h17-21H,3-16,32H2,1-2H3,(H,36,48)(H,37,49)(H,38,43)(H,39,44)(H,40,50)(H,41,51)(H,46,47)(H,52,53)(H4,33,34,35)/t17-,18-,19-,20-,21-/m0/s1. The lowest BCUT2D eigenvalue weighted by molar-refractivity contribution is -0.147. The van der Waals surface area contributed by atoms with Crippen LogP contribution < -0.4 is 49.1 Å². The highest BCUT2D eigenvalue weighted by atomic mass is 32.2. The lowest BCUT2D eigenvalue weighted by Crippen LogP contribution is -2.57. The van der Waals surface area contributed by atoms with Crippen molar-refractivity contribution in [1.29, 1.82) is 0 Å². The molecule has 1 fully saturated rings. The van der Waals surface area contributed by atoms with Crippen molar-refractivity contribution in [2.45, 2.75) is 75.2 Å². The molecule has 1 aliphatic rings. The summed E-state index contributed by atoms with van der Waals surface area (Å²) in [7, 11) is 0. The van der Waals surface area contributed by atoms with Crippen molar-refractivity contribution in [1.82, 2.24) is 36.8 Å². The van der Waals surface area contributed by atoms with Gasteiger partial charge in [0.2, 0.25) is 41.4 Å². The predicted molar refractivity (Wildman–Crippen MR) is 203 cm³/mol. The van der Waals surface area contributed by atoms with Gasteiger partial charge < -0.3 is 64.2 Å². The van der Waals surface area contributed by atoms with Crippen LogP contribution in [-0.4, -0.2) is 161 Å². The van der Waals surface area contributed by atoms with Crippen molar-refractivity contribution in [3.8, 4) is 0 Å². The van der Waals surface area contributed by atoms with E-state index >= 15 is 0 Å². The van der Waals surface area contributed by atoms with Crippen LogP contribution in [-0.2, 0) is 43.2 Å². The van der Waals surface area contributed by atoms with Gasteiger partial charge in [0.25, 0.3) is 0 Å². The van der Waals surface area contributed by atoms with E-state index in [9.17, 15) is 43.2 Å². The summed E-state index contributed by atoms with van der Waals surface area (Å²) in [6, 6.07) is -6.01. The van der Waals surface area contributed by atoms with Crippen molar-refractivity contribution < 1.29 is 53.4 Å². The molecule has 24 heteroatoms. The Morgan fingerprint density at radius 3 is 1.78 bits per heavy atom. The van der Waals surface area contributed by atoms with Crippen LogP contribution in [0.5, 0.6) is 0 Å². The summed E-state index contributed by atoms with van der Waals surface area (Å²) in [6.07, 6.45) is 4.19. The van der Waals surface area contributed by atoms with E-state index in [2.05, 4.69) is 31.6 Å². The molecule has 7 amide bonds. The Morgan fingerprint density at radius 2 is 1.29 bits per heavy atom. The van der Waals surface area contributed by atoms with Gasteiger partial charge in [0.15, 0.2) is 5.96 Å². The molecule has 0 aromatic rings. The van der Waals surface area contributed by atoms with Crippen LogP contribution in [0.2, 0.25) is 0 Å². The Morgan fingerprint density at radius 1 is 0.764 bits per heavy atom. The van der Waals surface area contributed by atoms with E-state index in [-0.39, 0.29) is 50.6 Å². The van der Waals surface area contributed by atoms with Gasteiger partial charge in [-0.3, -0.25) is 43.3 Å². The Hall–Kier alpha value is -4.84. The third-order valence-electron chi connectivity index (χ3n) is 7.99. The normalized spacial score (nSPS) is 15.6. The van der Waals surface area contributed by atoms with Crippen molar-refractivity contribution in [2.24, 2.45) is 22.2 Å². The molecule has 1 aliphatic heterocycles. The third-order valence-corrected chi connectivity index (χ3v) is 9.28. The minimum atomic E-state index is -1.75. The second kappa shape index (κ2) is 26.0. The van der Waals surface area contributed by atoms with Gasteiger partial charge in [-0.15, -0.1) is 0 Å². The molecule has 0 saturated carbocycles. The molecule has 14 N–H and O–H groups in total. The van der Waals surface area contributed by atoms with Gasteiger partial charge in [0, 0.05) is 13.1 Å². The molecule has 0 aromatic carbocycles. The number of hydrogen-bond acceptors (Lipinski definition) is 13. The number of aliphatic carboxylic acids is 2. The molecule has 1 rings (SSSR count). The number of nitrogens with one attached hydrogen (secondary N) is 6. The minimum Gasteiger partial charge on any atom is -0.481 e. The number of carboxylic acid groups (broad SMARTS) is 2. The Balaban J connectivity index is 2.98. The fraction of sp³-hybridized carbons (Fsp3) is 0.677. The zero-order chi connectivity index (χ0) is 41.5. The number of guanidine groups is 1. The number of thioether (sulfide) groups is 2. The smallest absolute Gasteiger partial charge is 0.326 e. The number of amides is 7. The second-order valence-electron chi connectivity index (χ2n) is 12.2. The summed E-state index contributed by atoms with van der Waals surface area (Å²) >= 11 is 2.81. The number of carbonyl (C=O) groups excluding carboxylic acids is 7. The number of aliphatic imine (C=N–C) groups is 1. The summed E-state index contributed by atoms with van der Waals surface area (Å²) in [4.78, 5) is 118. The summed E-state index contributed by atoms with van der Waals surface area (Å²) in [5.41, 5.74) is 16.2. The number of likely N-dealkylation sites (tertiary alicyclic amines) is 1. The molecule has 310 valence electrons. The number of nitrogens with two attached hydrogens (primary N) is 3. The molecule has 0 aliphatic carbocycles. The van der Waals surface area contributed by atoms with Gasteiger partial charge in [0.1, 0.15) is 30.2 Å². The number of carbonyl (C=O) groups is 9. The highest BCUT2D eigenvalue weighted by molar-refractivity contribution is 7.98. The zero-order valence-electron chi connectivity index (χ0n) is 30.8. The molecule has 0 radical (unpaired) electrons. The van der Waals surface area contributed by atoms with Gasteiger partial charge in [-0.1, -0.05) is 0 Å². The topological polar surface area (TPSA) is 360 Å². The van der Waals surface area contributed by atoms with E-state index in [0.717, 1.165) is 0 Å². The van der Waals surface area contributed by atoms with Gasteiger partial charge in [-0.25, -0.2) is 4.79 Å². The van der Waals surface area contributed by atoms with Gasteiger partial charge in [-0.2, -0.15) is 23.5 Å². The van der Waals surface area contributed by atoms with Crippen molar-refractivity contribution >= 4 is 82.8 Å². The molecule has 5 atom stereocenters. The summed E-state index contributed by atoms with van der Waals surface area (Å²) in [5.74, 6) is -7.31. The highest BCUT2D eigenvalue weighted by Gasteiger charge is 2.35. The molecule has 0 aromatic heterocycles. The summed E-state index contributed by atoms with van der Waals surface area (Å²) < 4.78 is 0. The SMILES string of the molecule is CSCC[C@H](NC(=O)CNC(=O)[C@H](CCSC)NC(=O)[C@@H]1CCCN1C(=O)CN)C(=O)N[C@@H](CCCN=C(N)N)C(=O)NCC(=O)N[C@@H](CC(=O)O)C(=O)O. The van der Waals surface area contributed by atoms with E-state index in [0.29, 0.717) is 30.9 Å². The van der Waals surface area contributed by atoms with E-state index in [1.165, 1.54) is 28.4 Å². The molecular weight excluding hydrogens is 767 g/mol. The van der Waals surface area contributed by atoms with Crippen LogP contribution in [0, 0.1) is 0 Å². The average Bonchev–Trinajstić information content (AvgIpc) is 3.63. The fourth-order valence-corrected chi connectivity index (χ4v) is 6.17. The monoisotopic (exact) mass is 819 g/mol. The first-order chi connectivity index (χ1) is 26.0. The van der Waals surface area contributed by atoms with Crippen LogP contribution in [0.15, 0.2) is 4.99 Å². The average molecular weight is 820 g/mol. The van der Waals surface area contributed by atoms with Crippen LogP contribution in [0.1, 0.15) is 44.9 Å². The van der Waals surface area contributed by atoms with Crippen LogP contribution >= 0.6 is 23.5 Å². The van der Waals surface area contributed by atoms with Crippen molar-refractivity contribution in [2.75, 3.05) is 56.7 Å². The second-order valence-corrected chi connectivity index (χ2v) is 14.2. The van der Waals surface area contributed by atoms with E-state index in [4.69, 9.17) is 27.4 Å². The molecular formula is C31H53N11O11S2. The quantitative estimate of drug-likeness (QED) is 0.0222. The molecule has 22 nitrogen and oxygen atoms in total. The van der Waals surface area contributed by atoms with Crippen LogP contribution in [0.3, 0.4) is 0 Å². The molecule has 55 heavy (non-hydrogen) atoms. The maximum atomic E-state index is 13.5. The maximum Gasteiger partial charge on any atom is 0.326 e. The van der Waals surface area contributed by atoms with Crippen LogP contribution in [0.4, 0.5) is 0 Å². The summed E-state index contributed by atoms with van der Waals surface area (Å²) in [6.45, 7) is -1.13. The minimum absolute atomic E-state index is 0.0336. The Kier molecular flexibility index (Phi) is 22.8. The Bertz CT molecular complexity index is 1400. The lowest BCUT2D eigenvalue weighted by Gasteiger charge is -2.26. The number of carboxylic acids is 2. The first-order valence-corrected chi connectivity index (χ1v) is 20.0. The zero-order valence-corrected chi connectivity index (χ0v) is 32.4. The van der Waals surface area contributed by atoms with Crippen molar-refractivity contribution in [3.05, 3.63) is 0 Å². The van der Waals surface area contributed by atoms with Gasteiger partial charge in [0.05, 0.1) is 26.1 Å². The third kappa shape index (κ3) is 18.8. The first-order valence-electron chi connectivity index (χ1n) is 17.3. The first kappa shape index (κ1) is 48.2. The molecule has 0 bridgehead atoms. The number of rotatable bonds is 26. The predicted octanol–water partition coefficient (Wildman–Crippen LogP) is -4.77. The highest BCUT2D eigenvalue weighted by Crippen LogP contribution is 2.18. The molecule has 1 saturated heterocycles. The molecule has 0 spiro atoms. The van der Waals surface area contributed by atoms with Gasteiger partial charge >= 0.3 is 11.9 Å². The van der Waals surface area contributed by atoms with E-state index < -0.39 is 97.1 Å². The number of hydrogen-bond donors (Lipinski definition) is 11. The summed E-state index contributed by atoms with van der Waals surface area (Å²) in [5, 5.41) is 32.5. The molecule has 1 heterocycles. The largest absolute Gasteiger partial charge is 0.481 e. The van der Waals surface area contributed by atoms with E-state index in [1.54, 1.807) is 6.26 Å². The van der Waals surface area contributed by atoms with Gasteiger partial charge in [-0.05, 0) is 62.5 Å². The number of nitrogens with zero attached hydrogens (tertiary/aromatic N) is 2. The lowest BCUT2D eigenvalue weighted by atomic mass is 10.1. The molecule has 0 unspecified atom stereocenters. The Labute approximate surface area is 326 Å².